The Morgan fingerprint density at radius 3 is 2.55 bits per heavy atom. The van der Waals surface area contributed by atoms with Crippen molar-refractivity contribution in [3.63, 3.8) is 0 Å². The Kier molecular flexibility index (Phi) is 5.54. The van der Waals surface area contributed by atoms with E-state index in [-0.39, 0.29) is 29.8 Å². The van der Waals surface area contributed by atoms with Gasteiger partial charge in [-0.2, -0.15) is 5.10 Å². The van der Waals surface area contributed by atoms with Crippen molar-refractivity contribution in [3.05, 3.63) is 71.6 Å². The molecule has 1 N–H and O–H groups in total. The van der Waals surface area contributed by atoms with E-state index in [9.17, 15) is 9.59 Å². The van der Waals surface area contributed by atoms with Gasteiger partial charge < -0.3 is 10.2 Å². The molecule has 4 rings (SSSR count). The van der Waals surface area contributed by atoms with Crippen LogP contribution >= 0.6 is 0 Å². The summed E-state index contributed by atoms with van der Waals surface area (Å²) in [5.74, 6) is 0.0703. The van der Waals surface area contributed by atoms with E-state index in [1.165, 1.54) is 0 Å². The molecule has 0 saturated heterocycles. The highest BCUT2D eigenvalue weighted by Crippen LogP contribution is 2.40. The number of carbonyl (C=O) groups is 2. The summed E-state index contributed by atoms with van der Waals surface area (Å²) < 4.78 is 1.80. The van der Waals surface area contributed by atoms with Crippen LogP contribution in [0.3, 0.4) is 0 Å². The van der Waals surface area contributed by atoms with E-state index in [1.807, 2.05) is 39.8 Å². The van der Waals surface area contributed by atoms with Crippen LogP contribution in [0.5, 0.6) is 0 Å². The smallest absolute Gasteiger partial charge is 0.276 e. The fourth-order valence-corrected chi connectivity index (χ4v) is 3.68. The minimum atomic E-state index is -0.227. The molecule has 0 radical (unpaired) electrons. The lowest BCUT2D eigenvalue weighted by molar-refractivity contribution is 0.0941. The van der Waals surface area contributed by atoms with Crippen molar-refractivity contribution in [2.45, 2.75) is 45.7 Å². The van der Waals surface area contributed by atoms with Crippen molar-refractivity contribution in [1.29, 1.82) is 0 Å². The van der Waals surface area contributed by atoms with Crippen LogP contribution in [0, 0.1) is 0 Å². The molecule has 1 aliphatic rings. The Morgan fingerprint density at radius 1 is 1.10 bits per heavy atom. The molecular formula is C23H26N6O2. The molecule has 1 aromatic carbocycles. The van der Waals surface area contributed by atoms with Gasteiger partial charge in [0.25, 0.3) is 11.8 Å². The summed E-state index contributed by atoms with van der Waals surface area (Å²) in [6.45, 7) is 8.30. The Morgan fingerprint density at radius 2 is 1.90 bits per heavy atom. The number of fused-ring (bicyclic) bond motifs is 1. The van der Waals surface area contributed by atoms with E-state index in [0.717, 1.165) is 11.3 Å². The van der Waals surface area contributed by atoms with E-state index < -0.39 is 0 Å². The molecule has 0 bridgehead atoms. The standard InChI is InChI=1S/C23H26N6O2/c1-14(2)26-22(30)16-8-9-20-17(11-16)18(21-25-13-29(27-21)15(3)4)12-28(20)23(31)19-7-5-6-10-24-19/h5-11,13-15,18H,12H2,1-4H3,(H,26,30)/t18-/m1/s1. The zero-order valence-corrected chi connectivity index (χ0v) is 18.1. The van der Waals surface area contributed by atoms with Gasteiger partial charge in [0.05, 0.1) is 5.92 Å². The quantitative estimate of drug-likeness (QED) is 0.687. The van der Waals surface area contributed by atoms with Crippen molar-refractivity contribution in [2.75, 3.05) is 11.4 Å². The van der Waals surface area contributed by atoms with E-state index in [1.54, 1.807) is 46.4 Å². The van der Waals surface area contributed by atoms with Gasteiger partial charge in [-0.15, -0.1) is 0 Å². The number of rotatable bonds is 5. The monoisotopic (exact) mass is 418 g/mol. The molecule has 0 aliphatic carbocycles. The number of hydrogen-bond donors (Lipinski definition) is 1. The van der Waals surface area contributed by atoms with Crippen molar-refractivity contribution in [3.8, 4) is 0 Å². The number of aromatic nitrogens is 4. The second-order valence-electron chi connectivity index (χ2n) is 8.26. The molecule has 31 heavy (non-hydrogen) atoms. The van der Waals surface area contributed by atoms with Crippen LogP contribution in [0.2, 0.25) is 0 Å². The maximum absolute atomic E-state index is 13.2. The number of amides is 2. The first-order valence-electron chi connectivity index (χ1n) is 10.4. The van der Waals surface area contributed by atoms with Gasteiger partial charge in [0.2, 0.25) is 0 Å². The van der Waals surface area contributed by atoms with E-state index in [0.29, 0.717) is 23.6 Å². The Labute approximate surface area is 181 Å². The van der Waals surface area contributed by atoms with Crippen LogP contribution in [0.25, 0.3) is 0 Å². The fraction of sp³-hybridized carbons (Fsp3) is 0.348. The maximum Gasteiger partial charge on any atom is 0.276 e. The van der Waals surface area contributed by atoms with Crippen LogP contribution in [0.4, 0.5) is 5.69 Å². The third-order valence-corrected chi connectivity index (χ3v) is 5.24. The molecule has 2 amide bonds. The fourth-order valence-electron chi connectivity index (χ4n) is 3.68. The second-order valence-corrected chi connectivity index (χ2v) is 8.26. The normalized spacial score (nSPS) is 15.4. The maximum atomic E-state index is 13.2. The third kappa shape index (κ3) is 4.05. The molecule has 8 nitrogen and oxygen atoms in total. The zero-order valence-electron chi connectivity index (χ0n) is 18.1. The van der Waals surface area contributed by atoms with Crippen molar-refractivity contribution < 1.29 is 9.59 Å². The first-order chi connectivity index (χ1) is 14.8. The van der Waals surface area contributed by atoms with Gasteiger partial charge in [-0.3, -0.25) is 19.3 Å². The second kappa shape index (κ2) is 8.29. The minimum Gasteiger partial charge on any atom is -0.350 e. The highest BCUT2D eigenvalue weighted by molar-refractivity contribution is 6.07. The molecule has 8 heteroatoms. The first kappa shape index (κ1) is 20.7. The minimum absolute atomic E-state index is 0.0298. The van der Waals surface area contributed by atoms with Gasteiger partial charge >= 0.3 is 0 Å². The van der Waals surface area contributed by atoms with Gasteiger partial charge in [-0.25, -0.2) is 4.98 Å². The number of hydrogen-bond acceptors (Lipinski definition) is 5. The largest absolute Gasteiger partial charge is 0.350 e. The number of carbonyl (C=O) groups excluding carboxylic acids is 2. The summed E-state index contributed by atoms with van der Waals surface area (Å²) in [6.07, 6.45) is 3.31. The molecule has 1 aliphatic heterocycles. The Balaban J connectivity index is 1.75. The van der Waals surface area contributed by atoms with Gasteiger partial charge in [0.1, 0.15) is 12.0 Å². The molecule has 1 atom stereocenters. The topological polar surface area (TPSA) is 93.0 Å². The molecule has 0 fully saturated rings. The molecule has 160 valence electrons. The van der Waals surface area contributed by atoms with E-state index >= 15 is 0 Å². The molecule has 0 unspecified atom stereocenters. The van der Waals surface area contributed by atoms with Gasteiger partial charge in [0, 0.05) is 36.1 Å². The summed E-state index contributed by atoms with van der Waals surface area (Å²) in [6, 6.07) is 10.9. The Hall–Kier alpha value is -3.55. The summed E-state index contributed by atoms with van der Waals surface area (Å²) in [5.41, 5.74) is 2.54. The van der Waals surface area contributed by atoms with Crippen LogP contribution in [-0.4, -0.2) is 44.1 Å². The van der Waals surface area contributed by atoms with Crippen molar-refractivity contribution in [1.82, 2.24) is 25.1 Å². The highest BCUT2D eigenvalue weighted by atomic mass is 16.2. The molecular weight excluding hydrogens is 392 g/mol. The van der Waals surface area contributed by atoms with Crippen LogP contribution in [0.15, 0.2) is 48.9 Å². The third-order valence-electron chi connectivity index (χ3n) is 5.24. The number of anilines is 1. The summed E-state index contributed by atoms with van der Waals surface area (Å²) in [4.78, 5) is 36.2. The van der Waals surface area contributed by atoms with Crippen LogP contribution < -0.4 is 10.2 Å². The van der Waals surface area contributed by atoms with Gasteiger partial charge in [-0.05, 0) is 63.6 Å². The summed E-state index contributed by atoms with van der Waals surface area (Å²) in [5, 5.41) is 7.55. The molecule has 3 aromatic rings. The van der Waals surface area contributed by atoms with E-state index in [4.69, 9.17) is 0 Å². The zero-order chi connectivity index (χ0) is 22.1. The molecule has 2 aromatic heterocycles. The predicted octanol–water partition coefficient (Wildman–Crippen LogP) is 3.18. The predicted molar refractivity (Wildman–Crippen MR) is 117 cm³/mol. The van der Waals surface area contributed by atoms with Crippen LogP contribution in [0.1, 0.15) is 71.9 Å². The lowest BCUT2D eigenvalue weighted by Gasteiger charge is -2.17. The number of nitrogens with one attached hydrogen (secondary N) is 1. The lowest BCUT2D eigenvalue weighted by atomic mass is 9.98. The van der Waals surface area contributed by atoms with E-state index in [2.05, 4.69) is 20.4 Å². The van der Waals surface area contributed by atoms with Crippen molar-refractivity contribution >= 4 is 17.5 Å². The highest BCUT2D eigenvalue weighted by Gasteiger charge is 2.37. The lowest BCUT2D eigenvalue weighted by Crippen LogP contribution is -2.31. The average Bonchev–Trinajstić information content (AvgIpc) is 3.38. The average molecular weight is 419 g/mol. The molecule has 3 heterocycles. The van der Waals surface area contributed by atoms with Crippen LogP contribution in [-0.2, 0) is 0 Å². The number of benzene rings is 1. The molecule has 0 spiro atoms. The number of pyridine rings is 1. The SMILES string of the molecule is CC(C)NC(=O)c1ccc2c(c1)[C@H](c1ncn(C(C)C)n1)CN2C(=O)c1ccccn1. The van der Waals surface area contributed by atoms with Gasteiger partial charge in [-0.1, -0.05) is 6.07 Å². The first-order valence-corrected chi connectivity index (χ1v) is 10.4. The summed E-state index contributed by atoms with van der Waals surface area (Å²) >= 11 is 0. The van der Waals surface area contributed by atoms with Gasteiger partial charge in [0.15, 0.2) is 5.82 Å². The number of nitrogens with zero attached hydrogens (tertiary/aromatic N) is 5. The Bertz CT molecular complexity index is 1110. The van der Waals surface area contributed by atoms with Crippen molar-refractivity contribution in [2.24, 2.45) is 0 Å². The summed E-state index contributed by atoms with van der Waals surface area (Å²) in [7, 11) is 0. The molecule has 0 saturated carbocycles.